The Labute approximate surface area is 257 Å². The summed E-state index contributed by atoms with van der Waals surface area (Å²) in [4.78, 5) is 57.0. The number of aromatic nitrogens is 3. The molecular weight excluding hydrogens is 643 g/mol. The Morgan fingerprint density at radius 1 is 0.977 bits per heavy atom. The van der Waals surface area contributed by atoms with Gasteiger partial charge in [0.15, 0.2) is 0 Å². The maximum Gasteiger partial charge on any atom is 0.352 e. The van der Waals surface area contributed by atoms with Crippen molar-refractivity contribution in [2.45, 2.75) is 31.8 Å². The predicted octanol–water partition coefficient (Wildman–Crippen LogP) is 4.93. The lowest BCUT2D eigenvalue weighted by Gasteiger charge is -2.47. The molecular formula is C31H23BrClFN4O5. The van der Waals surface area contributed by atoms with Gasteiger partial charge >= 0.3 is 11.4 Å². The number of aromatic hydroxyl groups is 1. The second-order valence-corrected chi connectivity index (χ2v) is 12.5. The van der Waals surface area contributed by atoms with Gasteiger partial charge in [0.1, 0.15) is 11.6 Å². The Morgan fingerprint density at radius 3 is 2.44 bits per heavy atom. The Bertz CT molecular complexity index is 2020. The molecule has 1 saturated heterocycles. The Hall–Kier alpha value is -4.22. The molecule has 9 nitrogen and oxygen atoms in total. The molecule has 3 aromatic carbocycles. The van der Waals surface area contributed by atoms with E-state index in [0.717, 1.165) is 15.5 Å². The lowest BCUT2D eigenvalue weighted by molar-refractivity contribution is -0.129. The van der Waals surface area contributed by atoms with Gasteiger partial charge in [-0.2, -0.15) is 0 Å². The first-order valence-electron chi connectivity index (χ1n) is 13.6. The number of para-hydroxylation sites is 1. The van der Waals surface area contributed by atoms with Crippen LogP contribution in [0.15, 0.2) is 92.4 Å². The third-order valence-electron chi connectivity index (χ3n) is 9.01. The minimum atomic E-state index is -1.40. The van der Waals surface area contributed by atoms with Gasteiger partial charge in [0.05, 0.1) is 40.3 Å². The molecule has 4 atom stereocenters. The van der Waals surface area contributed by atoms with E-state index in [-0.39, 0.29) is 29.4 Å². The van der Waals surface area contributed by atoms with Gasteiger partial charge in [-0.3, -0.25) is 9.59 Å². The highest BCUT2D eigenvalue weighted by Crippen LogP contribution is 2.62. The van der Waals surface area contributed by atoms with Gasteiger partial charge in [-0.05, 0) is 67.4 Å². The average molecular weight is 666 g/mol. The summed E-state index contributed by atoms with van der Waals surface area (Å²) in [7, 11) is 0. The summed E-state index contributed by atoms with van der Waals surface area (Å²) in [5.74, 6) is -3.66. The van der Waals surface area contributed by atoms with E-state index in [4.69, 9.17) is 11.6 Å². The highest BCUT2D eigenvalue weighted by Gasteiger charge is 2.65. The summed E-state index contributed by atoms with van der Waals surface area (Å²) < 4.78 is 18.5. The number of allylic oxidation sites excluding steroid dienone is 2. The second kappa shape index (κ2) is 9.65. The second-order valence-electron chi connectivity index (χ2n) is 11.2. The van der Waals surface area contributed by atoms with Crippen LogP contribution in [-0.4, -0.2) is 30.9 Å². The fraction of sp³-hybridized carbons (Fsp3) is 0.226. The van der Waals surface area contributed by atoms with Crippen LogP contribution >= 0.6 is 27.5 Å². The fourth-order valence-corrected chi connectivity index (χ4v) is 7.60. The molecule has 218 valence electrons. The number of carbonyl (C=O) groups excluding carboxylic acids is 2. The number of benzene rings is 3. The van der Waals surface area contributed by atoms with E-state index in [9.17, 15) is 28.7 Å². The van der Waals surface area contributed by atoms with Gasteiger partial charge in [-0.25, -0.2) is 32.8 Å². The van der Waals surface area contributed by atoms with Crippen molar-refractivity contribution in [2.75, 3.05) is 4.90 Å². The van der Waals surface area contributed by atoms with Crippen LogP contribution < -0.4 is 16.3 Å². The minimum absolute atomic E-state index is 0.0434. The summed E-state index contributed by atoms with van der Waals surface area (Å²) in [6.45, 7) is 1.73. The van der Waals surface area contributed by atoms with Crippen molar-refractivity contribution in [2.24, 2.45) is 11.3 Å². The number of rotatable bonds is 3. The molecule has 0 spiro atoms. The van der Waals surface area contributed by atoms with Gasteiger partial charge in [0.25, 0.3) is 0 Å². The first-order chi connectivity index (χ1) is 20.5. The van der Waals surface area contributed by atoms with Crippen molar-refractivity contribution in [1.82, 2.24) is 13.9 Å². The van der Waals surface area contributed by atoms with Crippen molar-refractivity contribution < 1.29 is 19.1 Å². The zero-order valence-electron chi connectivity index (χ0n) is 22.6. The quantitative estimate of drug-likeness (QED) is 0.247. The van der Waals surface area contributed by atoms with Crippen LogP contribution in [0.3, 0.4) is 0 Å². The summed E-state index contributed by atoms with van der Waals surface area (Å²) in [6, 6.07) is 16.3. The SMILES string of the molecule is C[C@@]12C(=O)N(c3ccc(F)c(Cl)c3)C(=O)[C@@H]1C[C@@H]1C(=CCn3c(=O)n(-c4ccccc4)c(=O)n31)[C@@H]2c1cc(Br)ccc1O. The maximum absolute atomic E-state index is 14.4. The number of fused-ring (bicyclic) bond motifs is 4. The van der Waals surface area contributed by atoms with E-state index in [1.54, 1.807) is 49.4 Å². The number of nitrogens with zero attached hydrogens (tertiary/aromatic N) is 4. The van der Waals surface area contributed by atoms with Crippen LogP contribution in [0, 0.1) is 17.2 Å². The molecule has 12 heteroatoms. The number of halogens is 3. The van der Waals surface area contributed by atoms with Gasteiger partial charge in [-0.15, -0.1) is 0 Å². The number of imide groups is 1. The molecule has 1 saturated carbocycles. The summed E-state index contributed by atoms with van der Waals surface area (Å²) in [5.41, 5.74) is -0.946. The first kappa shape index (κ1) is 27.6. The molecule has 2 amide bonds. The molecule has 0 bridgehead atoms. The Balaban J connectivity index is 1.45. The molecule has 1 aromatic heterocycles. The number of carbonyl (C=O) groups is 2. The van der Waals surface area contributed by atoms with Crippen LogP contribution in [0.25, 0.3) is 5.69 Å². The lowest BCUT2D eigenvalue weighted by atomic mass is 9.56. The van der Waals surface area contributed by atoms with Crippen molar-refractivity contribution in [3.63, 3.8) is 0 Å². The maximum atomic E-state index is 14.4. The van der Waals surface area contributed by atoms with E-state index < -0.39 is 52.3 Å². The van der Waals surface area contributed by atoms with Crippen LogP contribution in [0.1, 0.15) is 30.9 Å². The van der Waals surface area contributed by atoms with Crippen molar-refractivity contribution in [1.29, 1.82) is 0 Å². The lowest BCUT2D eigenvalue weighted by Crippen LogP contribution is -2.49. The number of hydrogen-bond acceptors (Lipinski definition) is 5. The molecule has 2 fully saturated rings. The number of anilines is 1. The zero-order valence-corrected chi connectivity index (χ0v) is 24.9. The molecule has 1 aliphatic carbocycles. The van der Waals surface area contributed by atoms with Gasteiger partial charge in [0.2, 0.25) is 11.8 Å². The van der Waals surface area contributed by atoms with Crippen molar-refractivity contribution in [3.8, 4) is 11.4 Å². The summed E-state index contributed by atoms with van der Waals surface area (Å²) in [5, 5.41) is 10.9. The van der Waals surface area contributed by atoms with E-state index in [1.165, 1.54) is 27.6 Å². The zero-order chi connectivity index (χ0) is 30.4. The van der Waals surface area contributed by atoms with Crippen molar-refractivity contribution in [3.05, 3.63) is 120 Å². The monoisotopic (exact) mass is 664 g/mol. The van der Waals surface area contributed by atoms with E-state index in [2.05, 4.69) is 15.9 Å². The fourth-order valence-electron chi connectivity index (χ4n) is 7.05. The normalized spacial score (nSPS) is 24.4. The highest BCUT2D eigenvalue weighted by atomic mass is 79.9. The smallest absolute Gasteiger partial charge is 0.352 e. The van der Waals surface area contributed by atoms with Crippen LogP contribution in [0.2, 0.25) is 5.02 Å². The topological polar surface area (TPSA) is 107 Å². The van der Waals surface area contributed by atoms with Gasteiger partial charge in [0, 0.05) is 16.0 Å². The number of phenols is 1. The van der Waals surface area contributed by atoms with E-state index in [1.807, 2.05) is 6.08 Å². The first-order valence-corrected chi connectivity index (χ1v) is 14.7. The molecule has 43 heavy (non-hydrogen) atoms. The molecule has 0 radical (unpaired) electrons. The van der Waals surface area contributed by atoms with Gasteiger partial charge < -0.3 is 5.11 Å². The molecule has 0 unspecified atom stereocenters. The third kappa shape index (κ3) is 3.80. The van der Waals surface area contributed by atoms with E-state index >= 15 is 0 Å². The van der Waals surface area contributed by atoms with E-state index in [0.29, 0.717) is 21.3 Å². The van der Waals surface area contributed by atoms with Gasteiger partial charge in [-0.1, -0.05) is 51.8 Å². The molecule has 4 aromatic rings. The van der Waals surface area contributed by atoms with Crippen LogP contribution in [0.4, 0.5) is 10.1 Å². The molecule has 2 aliphatic heterocycles. The predicted molar refractivity (Wildman–Crippen MR) is 160 cm³/mol. The largest absolute Gasteiger partial charge is 0.508 e. The minimum Gasteiger partial charge on any atom is -0.508 e. The molecule has 7 rings (SSSR count). The highest BCUT2D eigenvalue weighted by molar-refractivity contribution is 9.10. The molecule has 3 aliphatic rings. The standard InChI is InChI=1S/C31H23BrClFN4O5/c1-31-21(27(40)36(28(31)41)18-8-9-23(34)22(33)14-18)15-24-19(26(31)20-13-16(32)7-10-25(20)39)11-12-35-29(42)37(30(43)38(24)35)17-5-3-2-4-6-17/h2-11,13-14,21,24,26,39H,12,15H2,1H3/t21-,24+,26+,31+/m0/s1. The summed E-state index contributed by atoms with van der Waals surface area (Å²) >= 11 is 9.50. The van der Waals surface area contributed by atoms with Crippen LogP contribution in [-0.2, 0) is 16.1 Å². The van der Waals surface area contributed by atoms with Crippen molar-refractivity contribution >= 4 is 45.0 Å². The molecule has 3 heterocycles. The number of amides is 2. The van der Waals surface area contributed by atoms with Crippen LogP contribution in [0.5, 0.6) is 5.75 Å². The molecule has 1 N–H and O–H groups in total. The third-order valence-corrected chi connectivity index (χ3v) is 9.80. The average Bonchev–Trinajstić information content (AvgIpc) is 3.36. The Kier molecular flexibility index (Phi) is 6.19. The Morgan fingerprint density at radius 2 is 1.72 bits per heavy atom. The number of hydrogen-bond donors (Lipinski definition) is 1. The number of phenolic OH excluding ortho intramolecular Hbond substituents is 1. The summed E-state index contributed by atoms with van der Waals surface area (Å²) in [6.07, 6.45) is 1.85.